The van der Waals surface area contributed by atoms with E-state index in [-0.39, 0.29) is 38.4 Å². The van der Waals surface area contributed by atoms with Gasteiger partial charge in [-0.1, -0.05) is 36.4 Å². The first-order chi connectivity index (χ1) is 8.25. The zero-order chi connectivity index (χ0) is 12.1. The van der Waals surface area contributed by atoms with Gasteiger partial charge < -0.3 is 4.74 Å². The second kappa shape index (κ2) is 7.24. The van der Waals surface area contributed by atoms with E-state index in [4.69, 9.17) is 4.74 Å². The first-order valence-electron chi connectivity index (χ1n) is 5.08. The molecule has 0 saturated carbocycles. The van der Waals surface area contributed by atoms with Gasteiger partial charge in [-0.3, -0.25) is 10.1 Å². The van der Waals surface area contributed by atoms with Gasteiger partial charge in [-0.25, -0.2) is 0 Å². The van der Waals surface area contributed by atoms with Crippen molar-refractivity contribution >= 4 is 5.69 Å². The Kier molecular flexibility index (Phi) is 5.95. The molecule has 2 rings (SSSR count). The number of non-ortho nitro benzene ring substituents is 1. The Balaban J connectivity index is 0.00000162. The van der Waals surface area contributed by atoms with Gasteiger partial charge in [0.15, 0.2) is 5.69 Å². The molecule has 5 heteroatoms. The largest absolute Gasteiger partial charge is 0.514 e. The molecule has 89 valence electrons. The predicted octanol–water partition coefficient (Wildman–Crippen LogP) is 2.97. The molecular formula is C13H10NO3Y-. The fourth-order valence-corrected chi connectivity index (χ4v) is 1.37. The Bertz CT molecular complexity index is 517. The van der Waals surface area contributed by atoms with Crippen molar-refractivity contribution in [2.45, 2.75) is 6.61 Å². The van der Waals surface area contributed by atoms with Crippen molar-refractivity contribution < 1.29 is 42.4 Å². The molecule has 1 radical (unpaired) electrons. The van der Waals surface area contributed by atoms with Gasteiger partial charge in [0.1, 0.15) is 6.61 Å². The Morgan fingerprint density at radius 2 is 1.94 bits per heavy atom. The van der Waals surface area contributed by atoms with Gasteiger partial charge in [0.05, 0.1) is 0 Å². The third kappa shape index (κ3) is 4.20. The molecule has 0 fully saturated rings. The summed E-state index contributed by atoms with van der Waals surface area (Å²) in [5, 5.41) is 10.5. The molecule has 0 aliphatic rings. The number of benzene rings is 2. The van der Waals surface area contributed by atoms with Crippen molar-refractivity contribution in [3.8, 4) is 5.75 Å². The molecule has 0 bridgehead atoms. The summed E-state index contributed by atoms with van der Waals surface area (Å²) in [5.74, 6) is 0.472. The van der Waals surface area contributed by atoms with Gasteiger partial charge in [0, 0.05) is 43.4 Å². The van der Waals surface area contributed by atoms with E-state index in [0.717, 1.165) is 5.56 Å². The van der Waals surface area contributed by atoms with Crippen molar-refractivity contribution in [2.75, 3.05) is 0 Å². The summed E-state index contributed by atoms with van der Waals surface area (Å²) in [4.78, 5) is 10.1. The normalized spacial score (nSPS) is 9.33. The maximum absolute atomic E-state index is 10.5. The summed E-state index contributed by atoms with van der Waals surface area (Å²) in [6.45, 7) is 0.391. The van der Waals surface area contributed by atoms with E-state index in [2.05, 4.69) is 6.07 Å². The van der Waals surface area contributed by atoms with E-state index in [9.17, 15) is 10.1 Å². The van der Waals surface area contributed by atoms with E-state index in [1.807, 2.05) is 30.3 Å². The van der Waals surface area contributed by atoms with E-state index in [1.165, 1.54) is 12.1 Å². The predicted molar refractivity (Wildman–Crippen MR) is 62.7 cm³/mol. The van der Waals surface area contributed by atoms with Crippen LogP contribution in [-0.2, 0) is 39.3 Å². The summed E-state index contributed by atoms with van der Waals surface area (Å²) in [5.41, 5.74) is 0.929. The fourth-order valence-electron chi connectivity index (χ4n) is 1.37. The van der Waals surface area contributed by atoms with Crippen LogP contribution >= 0.6 is 0 Å². The molecule has 0 unspecified atom stereocenters. The summed E-state index contributed by atoms with van der Waals surface area (Å²) >= 11 is 0. The maximum atomic E-state index is 10.5. The molecule has 4 nitrogen and oxygen atoms in total. The summed E-state index contributed by atoms with van der Waals surface area (Å²) < 4.78 is 5.46. The quantitative estimate of drug-likeness (QED) is 0.495. The number of hydrogen-bond acceptors (Lipinski definition) is 3. The van der Waals surface area contributed by atoms with Gasteiger partial charge in [-0.15, -0.1) is 12.1 Å². The van der Waals surface area contributed by atoms with Crippen molar-refractivity contribution in [3.63, 3.8) is 0 Å². The van der Waals surface area contributed by atoms with Crippen LogP contribution in [-0.4, -0.2) is 4.92 Å². The molecule has 0 heterocycles. The van der Waals surface area contributed by atoms with Crippen molar-refractivity contribution in [2.24, 2.45) is 0 Å². The average Bonchev–Trinajstić information content (AvgIpc) is 2.38. The Hall–Kier alpha value is -1.26. The van der Waals surface area contributed by atoms with Crippen LogP contribution in [0.15, 0.2) is 48.5 Å². The molecule has 0 aliphatic carbocycles. The molecule has 2 aromatic rings. The second-order valence-corrected chi connectivity index (χ2v) is 3.44. The van der Waals surface area contributed by atoms with E-state index >= 15 is 0 Å². The minimum absolute atomic E-state index is 0. The van der Waals surface area contributed by atoms with Crippen molar-refractivity contribution in [1.29, 1.82) is 0 Å². The van der Waals surface area contributed by atoms with E-state index in [0.29, 0.717) is 12.4 Å². The van der Waals surface area contributed by atoms with Gasteiger partial charge in [0.2, 0.25) is 0 Å². The van der Waals surface area contributed by atoms with Gasteiger partial charge in [-0.05, 0) is 5.56 Å². The molecule has 18 heavy (non-hydrogen) atoms. The minimum atomic E-state index is -0.491. The molecule has 0 aliphatic heterocycles. The molecule has 0 spiro atoms. The van der Waals surface area contributed by atoms with Crippen LogP contribution in [0.1, 0.15) is 5.56 Å². The van der Waals surface area contributed by atoms with Gasteiger partial charge >= 0.3 is 0 Å². The standard InChI is InChI=1S/C13H10NO3.Y/c15-14(16)12-7-4-8-13(9-12)17-10-11-5-2-1-3-6-11;/h1-6,8-9H,10H2;/q-1;. The molecule has 0 saturated heterocycles. The third-order valence-electron chi connectivity index (χ3n) is 2.20. The molecule has 2 aromatic carbocycles. The number of hydrogen-bond donors (Lipinski definition) is 0. The molecule has 0 aromatic heterocycles. The first-order valence-corrected chi connectivity index (χ1v) is 5.08. The van der Waals surface area contributed by atoms with E-state index in [1.54, 1.807) is 6.07 Å². The van der Waals surface area contributed by atoms with Gasteiger partial charge in [-0.2, -0.15) is 6.07 Å². The Labute approximate surface area is 130 Å². The fraction of sp³-hybridized carbons (Fsp3) is 0.0769. The second-order valence-electron chi connectivity index (χ2n) is 3.44. The maximum Gasteiger partial charge on any atom is 0.166 e. The molecule has 0 N–H and O–H groups in total. The monoisotopic (exact) mass is 317 g/mol. The number of nitro groups is 1. The van der Waals surface area contributed by atoms with Crippen LogP contribution in [0.2, 0.25) is 0 Å². The van der Waals surface area contributed by atoms with Crippen LogP contribution in [0.4, 0.5) is 5.69 Å². The van der Waals surface area contributed by atoms with Crippen LogP contribution in [0.5, 0.6) is 5.75 Å². The number of ether oxygens (including phenoxy) is 1. The molecule has 0 amide bonds. The minimum Gasteiger partial charge on any atom is -0.514 e. The zero-order valence-corrected chi connectivity index (χ0v) is 12.4. The van der Waals surface area contributed by atoms with Crippen LogP contribution in [0.3, 0.4) is 0 Å². The van der Waals surface area contributed by atoms with Crippen LogP contribution in [0.25, 0.3) is 0 Å². The summed E-state index contributed by atoms with van der Waals surface area (Å²) in [6.07, 6.45) is 0. The number of rotatable bonds is 4. The van der Waals surface area contributed by atoms with Crippen molar-refractivity contribution in [3.05, 3.63) is 70.3 Å². The molecular weight excluding hydrogens is 307 g/mol. The first kappa shape index (κ1) is 14.8. The average molecular weight is 317 g/mol. The third-order valence-corrected chi connectivity index (χ3v) is 2.20. The van der Waals surface area contributed by atoms with Crippen LogP contribution < -0.4 is 4.74 Å². The number of nitrogens with zero attached hydrogens (tertiary/aromatic N) is 1. The Morgan fingerprint density at radius 1 is 1.22 bits per heavy atom. The van der Waals surface area contributed by atoms with Crippen molar-refractivity contribution in [1.82, 2.24) is 0 Å². The Morgan fingerprint density at radius 3 is 2.61 bits per heavy atom. The van der Waals surface area contributed by atoms with Crippen LogP contribution in [0, 0.1) is 16.2 Å². The topological polar surface area (TPSA) is 52.4 Å². The summed E-state index contributed by atoms with van der Waals surface area (Å²) in [7, 11) is 0. The summed E-state index contributed by atoms with van der Waals surface area (Å²) in [6, 6.07) is 16.6. The van der Waals surface area contributed by atoms with E-state index < -0.39 is 4.92 Å². The van der Waals surface area contributed by atoms with Gasteiger partial charge in [0.25, 0.3) is 0 Å². The molecule has 0 atom stereocenters. The number of nitro benzene ring substituents is 1. The zero-order valence-electron chi connectivity index (χ0n) is 9.58. The smallest absolute Gasteiger partial charge is 0.166 e. The SMILES string of the molecule is O=[N+]([O-])c1[c-]ccc(OCc2ccccc2)c1.[Y].